The second-order valence-corrected chi connectivity index (χ2v) is 14.7. The number of rotatable bonds is 5. The molecule has 53 heavy (non-hydrogen) atoms. The maximum atomic E-state index is 6.53. The van der Waals surface area contributed by atoms with E-state index in [9.17, 15) is 0 Å². The number of nitrogens with zero attached hydrogens (tertiary/aromatic N) is 1. The molecule has 0 atom stereocenters. The van der Waals surface area contributed by atoms with Crippen molar-refractivity contribution in [3.05, 3.63) is 188 Å². The van der Waals surface area contributed by atoms with Gasteiger partial charge < -0.3 is 9.32 Å². The molecule has 0 aliphatic rings. The monoisotopic (exact) mass is 693 g/mol. The molecule has 0 amide bonds. The molecule has 11 aromatic rings. The molecule has 0 N–H and O–H groups in total. The summed E-state index contributed by atoms with van der Waals surface area (Å²) in [5.74, 6) is 0. The number of benzene rings is 9. The highest BCUT2D eigenvalue weighted by Crippen LogP contribution is 2.46. The van der Waals surface area contributed by atoms with Gasteiger partial charge in [0.05, 0.1) is 5.69 Å². The van der Waals surface area contributed by atoms with Crippen molar-refractivity contribution in [2.45, 2.75) is 0 Å². The van der Waals surface area contributed by atoms with Crippen LogP contribution in [0, 0.1) is 0 Å². The average Bonchev–Trinajstić information content (AvgIpc) is 3.80. The topological polar surface area (TPSA) is 16.4 Å². The first-order valence-electron chi connectivity index (χ1n) is 18.0. The fourth-order valence-electron chi connectivity index (χ4n) is 8.22. The number of para-hydroxylation sites is 1. The van der Waals surface area contributed by atoms with Crippen LogP contribution in [0.3, 0.4) is 0 Å². The zero-order chi connectivity index (χ0) is 34.9. The van der Waals surface area contributed by atoms with Crippen LogP contribution >= 0.6 is 11.3 Å². The van der Waals surface area contributed by atoms with Gasteiger partial charge in [0.2, 0.25) is 0 Å². The van der Waals surface area contributed by atoms with Crippen LogP contribution in [0.4, 0.5) is 17.1 Å². The van der Waals surface area contributed by atoms with E-state index >= 15 is 0 Å². The molecule has 0 spiro atoms. The molecule has 9 aromatic carbocycles. The molecule has 0 aliphatic carbocycles. The van der Waals surface area contributed by atoms with Gasteiger partial charge in [0.15, 0.2) is 0 Å². The molecule has 11 rings (SSSR count). The summed E-state index contributed by atoms with van der Waals surface area (Å²) in [6.45, 7) is 0. The second kappa shape index (κ2) is 11.9. The van der Waals surface area contributed by atoms with Crippen LogP contribution in [0.1, 0.15) is 0 Å². The van der Waals surface area contributed by atoms with Gasteiger partial charge in [-0.2, -0.15) is 0 Å². The Balaban J connectivity index is 1.08. The summed E-state index contributed by atoms with van der Waals surface area (Å²) in [6.07, 6.45) is 0. The summed E-state index contributed by atoms with van der Waals surface area (Å²) in [7, 11) is 0. The fourth-order valence-corrected chi connectivity index (χ4v) is 9.35. The van der Waals surface area contributed by atoms with Crippen LogP contribution in [0.5, 0.6) is 0 Å². The molecular formula is C50H31NOS. The van der Waals surface area contributed by atoms with E-state index < -0.39 is 0 Å². The molecule has 2 aromatic heterocycles. The van der Waals surface area contributed by atoms with Crippen LogP contribution in [0.15, 0.2) is 192 Å². The van der Waals surface area contributed by atoms with Gasteiger partial charge in [-0.1, -0.05) is 133 Å². The number of hydrogen-bond acceptors (Lipinski definition) is 3. The van der Waals surface area contributed by atoms with Crippen molar-refractivity contribution in [1.82, 2.24) is 0 Å². The molecule has 0 saturated heterocycles. The van der Waals surface area contributed by atoms with E-state index in [4.69, 9.17) is 4.42 Å². The summed E-state index contributed by atoms with van der Waals surface area (Å²) in [6, 6.07) is 68.0. The van der Waals surface area contributed by atoms with E-state index in [0.717, 1.165) is 49.8 Å². The Morgan fingerprint density at radius 2 is 0.981 bits per heavy atom. The highest BCUT2D eigenvalue weighted by molar-refractivity contribution is 7.26. The Kier molecular flexibility index (Phi) is 6.76. The summed E-state index contributed by atoms with van der Waals surface area (Å²) < 4.78 is 9.11. The van der Waals surface area contributed by atoms with Crippen molar-refractivity contribution in [3.63, 3.8) is 0 Å². The molecule has 0 bridgehead atoms. The first-order chi connectivity index (χ1) is 26.3. The molecular weight excluding hydrogens is 663 g/mol. The molecule has 0 aliphatic heterocycles. The van der Waals surface area contributed by atoms with Crippen LogP contribution in [-0.4, -0.2) is 0 Å². The van der Waals surface area contributed by atoms with Gasteiger partial charge in [0.1, 0.15) is 11.2 Å². The van der Waals surface area contributed by atoms with Gasteiger partial charge in [0.25, 0.3) is 0 Å². The van der Waals surface area contributed by atoms with Crippen molar-refractivity contribution in [2.75, 3.05) is 4.90 Å². The van der Waals surface area contributed by atoms with E-state index in [1.165, 1.54) is 53.1 Å². The fraction of sp³-hybridized carbons (Fsp3) is 0. The van der Waals surface area contributed by atoms with Crippen LogP contribution < -0.4 is 4.90 Å². The van der Waals surface area contributed by atoms with Gasteiger partial charge >= 0.3 is 0 Å². The highest BCUT2D eigenvalue weighted by atomic mass is 32.1. The number of hydrogen-bond donors (Lipinski definition) is 0. The normalized spacial score (nSPS) is 11.8. The van der Waals surface area contributed by atoms with E-state index in [0.29, 0.717) is 0 Å². The minimum atomic E-state index is 0.914. The quantitative estimate of drug-likeness (QED) is 0.178. The molecule has 2 heterocycles. The summed E-state index contributed by atoms with van der Waals surface area (Å²) in [4.78, 5) is 2.42. The summed E-state index contributed by atoms with van der Waals surface area (Å²) in [5.41, 5.74) is 9.98. The third-order valence-corrected chi connectivity index (χ3v) is 11.8. The Labute approximate surface area is 310 Å². The van der Waals surface area contributed by atoms with E-state index in [1.54, 1.807) is 0 Å². The number of anilines is 3. The molecule has 248 valence electrons. The number of fused-ring (bicyclic) bond motifs is 9. The molecule has 0 radical (unpaired) electrons. The lowest BCUT2D eigenvalue weighted by Crippen LogP contribution is -2.10. The Morgan fingerprint density at radius 3 is 1.79 bits per heavy atom. The molecule has 3 heteroatoms. The molecule has 0 saturated carbocycles. The SMILES string of the molecule is c1ccc2c(-c3ccc(N(c4ccc(-c5cccc6ccc7c8ccccc8oc7c56)cc4)c4cccc5sc6ccccc6c45)cc3)cccc2c1. The predicted octanol–water partition coefficient (Wildman–Crippen LogP) is 15.1. The standard InChI is InChI=1S/C50H31NOS/c1-2-13-38-32(10-1)11-7-16-39(38)33-22-27-36(28-23-33)51(44-18-9-21-47-49(44)43-15-4-6-20-46(43)53-47)37-29-24-34(25-30-37)40-17-8-12-35-26-31-42-41-14-3-5-19-45(41)52-50(42)48(35)40/h1-31H. The Bertz CT molecular complexity index is 3160. The van der Waals surface area contributed by atoms with Crippen molar-refractivity contribution in [2.24, 2.45) is 0 Å². The Hall–Kier alpha value is -6.68. The predicted molar refractivity (Wildman–Crippen MR) is 227 cm³/mol. The van der Waals surface area contributed by atoms with E-state index in [1.807, 2.05) is 17.4 Å². The minimum Gasteiger partial charge on any atom is -0.455 e. The second-order valence-electron chi connectivity index (χ2n) is 13.6. The molecule has 0 unspecified atom stereocenters. The Morgan fingerprint density at radius 1 is 0.377 bits per heavy atom. The largest absolute Gasteiger partial charge is 0.455 e. The summed E-state index contributed by atoms with van der Waals surface area (Å²) in [5, 5.41) is 9.67. The number of thiophene rings is 1. The highest BCUT2D eigenvalue weighted by Gasteiger charge is 2.20. The van der Waals surface area contributed by atoms with E-state index in [-0.39, 0.29) is 0 Å². The van der Waals surface area contributed by atoms with Crippen molar-refractivity contribution in [1.29, 1.82) is 0 Å². The lowest BCUT2D eigenvalue weighted by molar-refractivity contribution is 0.673. The molecule has 2 nitrogen and oxygen atoms in total. The third-order valence-electron chi connectivity index (χ3n) is 10.7. The van der Waals surface area contributed by atoms with Crippen molar-refractivity contribution >= 4 is 92.1 Å². The van der Waals surface area contributed by atoms with Gasteiger partial charge in [-0.15, -0.1) is 11.3 Å². The van der Waals surface area contributed by atoms with Crippen LogP contribution in [0.2, 0.25) is 0 Å². The first kappa shape index (κ1) is 30.0. The van der Waals surface area contributed by atoms with Gasteiger partial charge in [-0.25, -0.2) is 0 Å². The average molecular weight is 694 g/mol. The molecule has 0 fully saturated rings. The van der Waals surface area contributed by atoms with Crippen LogP contribution in [-0.2, 0) is 0 Å². The minimum absolute atomic E-state index is 0.914. The maximum absolute atomic E-state index is 6.53. The van der Waals surface area contributed by atoms with Gasteiger partial charge in [-0.3, -0.25) is 0 Å². The van der Waals surface area contributed by atoms with Crippen molar-refractivity contribution < 1.29 is 4.42 Å². The lowest BCUT2D eigenvalue weighted by Gasteiger charge is -2.27. The lowest BCUT2D eigenvalue weighted by atomic mass is 9.96. The third kappa shape index (κ3) is 4.78. The van der Waals surface area contributed by atoms with Gasteiger partial charge in [0, 0.05) is 47.7 Å². The van der Waals surface area contributed by atoms with Gasteiger partial charge in [-0.05, 0) is 93.0 Å². The first-order valence-corrected chi connectivity index (χ1v) is 18.8. The zero-order valence-corrected chi connectivity index (χ0v) is 29.5. The maximum Gasteiger partial charge on any atom is 0.143 e. The summed E-state index contributed by atoms with van der Waals surface area (Å²) >= 11 is 1.85. The number of furan rings is 1. The smallest absolute Gasteiger partial charge is 0.143 e. The van der Waals surface area contributed by atoms with Crippen LogP contribution in [0.25, 0.3) is 85.9 Å². The zero-order valence-electron chi connectivity index (χ0n) is 28.7. The van der Waals surface area contributed by atoms with E-state index in [2.05, 4.69) is 187 Å². The van der Waals surface area contributed by atoms with Crippen molar-refractivity contribution in [3.8, 4) is 22.3 Å².